The summed E-state index contributed by atoms with van der Waals surface area (Å²) in [4.78, 5) is 16.4. The van der Waals surface area contributed by atoms with E-state index in [0.29, 0.717) is 5.92 Å². The van der Waals surface area contributed by atoms with Crippen LogP contribution in [0, 0.1) is 6.92 Å². The van der Waals surface area contributed by atoms with Crippen LogP contribution in [-0.4, -0.2) is 26.4 Å². The smallest absolute Gasteiger partial charge is 0.131 e. The Balaban J connectivity index is 1.51. The predicted molar refractivity (Wildman–Crippen MR) is 80.8 cm³/mol. The molecule has 0 bridgehead atoms. The van der Waals surface area contributed by atoms with E-state index in [0.717, 1.165) is 43.3 Å². The van der Waals surface area contributed by atoms with E-state index in [-0.39, 0.29) is 0 Å². The summed E-state index contributed by atoms with van der Waals surface area (Å²) < 4.78 is 0. The summed E-state index contributed by atoms with van der Waals surface area (Å²) in [5, 5.41) is 0. The van der Waals surface area contributed by atoms with Crippen molar-refractivity contribution >= 4 is 0 Å². The molecule has 2 aromatic rings. The van der Waals surface area contributed by atoms with Crippen molar-refractivity contribution in [3.63, 3.8) is 0 Å². The summed E-state index contributed by atoms with van der Waals surface area (Å²) in [6, 6.07) is 6.24. The topological polar surface area (TPSA) is 41.9 Å². The molecule has 108 valence electrons. The molecule has 2 aliphatic rings. The number of rotatable bonds is 3. The number of fused-ring (bicyclic) bond motifs is 1. The van der Waals surface area contributed by atoms with Crippen molar-refractivity contribution in [2.45, 2.75) is 45.2 Å². The fourth-order valence-electron chi connectivity index (χ4n) is 2.96. The van der Waals surface area contributed by atoms with Gasteiger partial charge in [0.05, 0.1) is 11.4 Å². The molecular formula is C17H20N4. The summed E-state index contributed by atoms with van der Waals surface area (Å²) >= 11 is 0. The van der Waals surface area contributed by atoms with Crippen molar-refractivity contribution in [2.75, 3.05) is 6.54 Å². The molecular weight excluding hydrogens is 260 g/mol. The van der Waals surface area contributed by atoms with Crippen molar-refractivity contribution < 1.29 is 0 Å². The third-order valence-corrected chi connectivity index (χ3v) is 4.32. The first-order valence-corrected chi connectivity index (χ1v) is 7.77. The van der Waals surface area contributed by atoms with E-state index in [1.54, 1.807) is 0 Å². The van der Waals surface area contributed by atoms with Gasteiger partial charge in [0.2, 0.25) is 0 Å². The molecule has 0 unspecified atom stereocenters. The molecule has 1 aliphatic heterocycles. The highest BCUT2D eigenvalue weighted by atomic mass is 15.1. The first-order chi connectivity index (χ1) is 10.3. The lowest BCUT2D eigenvalue weighted by Crippen LogP contribution is -2.31. The molecule has 4 nitrogen and oxygen atoms in total. The molecule has 1 saturated carbocycles. The van der Waals surface area contributed by atoms with Crippen LogP contribution in [-0.2, 0) is 19.5 Å². The van der Waals surface area contributed by atoms with E-state index in [2.05, 4.69) is 33.2 Å². The first-order valence-electron chi connectivity index (χ1n) is 7.77. The Morgan fingerprint density at radius 2 is 2.14 bits per heavy atom. The quantitative estimate of drug-likeness (QED) is 0.866. The van der Waals surface area contributed by atoms with Gasteiger partial charge in [-0.3, -0.25) is 9.88 Å². The minimum absolute atomic E-state index is 0.629. The van der Waals surface area contributed by atoms with Crippen LogP contribution in [0.4, 0.5) is 0 Å². The van der Waals surface area contributed by atoms with E-state index in [9.17, 15) is 0 Å². The number of aryl methyl sites for hydroxylation is 1. The molecule has 4 heteroatoms. The molecule has 1 aliphatic carbocycles. The average Bonchev–Trinajstić information content (AvgIpc) is 3.31. The van der Waals surface area contributed by atoms with Crippen LogP contribution >= 0.6 is 0 Å². The van der Waals surface area contributed by atoms with Crippen LogP contribution in [0.5, 0.6) is 0 Å². The minimum Gasteiger partial charge on any atom is -0.291 e. The monoisotopic (exact) mass is 280 g/mol. The van der Waals surface area contributed by atoms with Gasteiger partial charge in [-0.2, -0.15) is 0 Å². The van der Waals surface area contributed by atoms with Gasteiger partial charge < -0.3 is 0 Å². The number of hydrogen-bond donors (Lipinski definition) is 0. The number of hydrogen-bond acceptors (Lipinski definition) is 4. The summed E-state index contributed by atoms with van der Waals surface area (Å²) in [6.45, 7) is 4.94. The maximum atomic E-state index is 4.81. The van der Waals surface area contributed by atoms with Gasteiger partial charge in [-0.25, -0.2) is 9.97 Å². The average molecular weight is 280 g/mol. The molecule has 1 fully saturated rings. The fourth-order valence-corrected chi connectivity index (χ4v) is 2.96. The van der Waals surface area contributed by atoms with Crippen LogP contribution in [0.15, 0.2) is 24.4 Å². The van der Waals surface area contributed by atoms with Crippen molar-refractivity contribution in [1.29, 1.82) is 0 Å². The summed E-state index contributed by atoms with van der Waals surface area (Å²) in [5.41, 5.74) is 4.79. The van der Waals surface area contributed by atoms with Crippen molar-refractivity contribution in [1.82, 2.24) is 19.9 Å². The van der Waals surface area contributed by atoms with Crippen molar-refractivity contribution in [3.8, 4) is 0 Å². The normalized spacial score (nSPS) is 18.5. The van der Waals surface area contributed by atoms with E-state index in [1.807, 2.05) is 13.0 Å². The third kappa shape index (κ3) is 2.81. The Hall–Kier alpha value is -1.81. The second-order valence-electron chi connectivity index (χ2n) is 6.21. The van der Waals surface area contributed by atoms with Gasteiger partial charge in [0.1, 0.15) is 5.82 Å². The first kappa shape index (κ1) is 12.9. The molecule has 0 N–H and O–H groups in total. The second-order valence-corrected chi connectivity index (χ2v) is 6.21. The summed E-state index contributed by atoms with van der Waals surface area (Å²) in [7, 11) is 0. The standard InChI is InChI=1S/C17H20N4/c1-12-3-2-4-15(19-12)10-21-8-7-14-9-18-17(13-5-6-13)20-16(14)11-21/h2-4,9,13H,5-8,10-11H2,1H3. The molecule has 0 atom stereocenters. The zero-order valence-corrected chi connectivity index (χ0v) is 12.4. The molecule has 21 heavy (non-hydrogen) atoms. The Kier molecular flexibility index (Phi) is 3.19. The lowest BCUT2D eigenvalue weighted by molar-refractivity contribution is 0.238. The largest absolute Gasteiger partial charge is 0.291 e. The molecule has 0 radical (unpaired) electrons. The molecule has 3 heterocycles. The molecule has 0 saturated heterocycles. The van der Waals surface area contributed by atoms with Crippen LogP contribution in [0.3, 0.4) is 0 Å². The highest BCUT2D eigenvalue weighted by Gasteiger charge is 2.28. The zero-order chi connectivity index (χ0) is 14.2. The SMILES string of the molecule is Cc1cccc(CN2CCc3cnc(C4CC4)nc3C2)n1. The lowest BCUT2D eigenvalue weighted by atomic mass is 10.1. The minimum atomic E-state index is 0.629. The Morgan fingerprint density at radius 1 is 1.24 bits per heavy atom. The lowest BCUT2D eigenvalue weighted by Gasteiger charge is -2.27. The molecule has 4 rings (SSSR count). The van der Waals surface area contributed by atoms with E-state index in [1.165, 1.54) is 24.1 Å². The van der Waals surface area contributed by atoms with Gasteiger partial charge in [-0.05, 0) is 43.9 Å². The Bertz CT molecular complexity index is 664. The van der Waals surface area contributed by atoms with Gasteiger partial charge in [0, 0.05) is 37.4 Å². The van der Waals surface area contributed by atoms with Crippen LogP contribution in [0.1, 0.15) is 47.2 Å². The molecule has 0 spiro atoms. The maximum absolute atomic E-state index is 4.81. The van der Waals surface area contributed by atoms with E-state index in [4.69, 9.17) is 4.98 Å². The van der Waals surface area contributed by atoms with Crippen molar-refractivity contribution in [3.05, 3.63) is 52.9 Å². The second kappa shape index (κ2) is 5.19. The van der Waals surface area contributed by atoms with Crippen LogP contribution in [0.2, 0.25) is 0 Å². The summed E-state index contributed by atoms with van der Waals surface area (Å²) in [6.07, 6.45) is 5.62. The molecule has 0 aromatic carbocycles. The Labute approximate surface area is 125 Å². The highest BCUT2D eigenvalue weighted by molar-refractivity contribution is 5.23. The molecule has 2 aromatic heterocycles. The predicted octanol–water partition coefficient (Wildman–Crippen LogP) is 2.62. The van der Waals surface area contributed by atoms with Crippen LogP contribution in [0.25, 0.3) is 0 Å². The van der Waals surface area contributed by atoms with E-state index >= 15 is 0 Å². The third-order valence-electron chi connectivity index (χ3n) is 4.32. The van der Waals surface area contributed by atoms with Gasteiger partial charge in [0.25, 0.3) is 0 Å². The Morgan fingerprint density at radius 3 is 2.95 bits per heavy atom. The van der Waals surface area contributed by atoms with Gasteiger partial charge in [0.15, 0.2) is 0 Å². The van der Waals surface area contributed by atoms with Gasteiger partial charge in [-0.1, -0.05) is 6.07 Å². The van der Waals surface area contributed by atoms with Crippen LogP contribution < -0.4 is 0 Å². The maximum Gasteiger partial charge on any atom is 0.131 e. The fraction of sp³-hybridized carbons (Fsp3) is 0.471. The van der Waals surface area contributed by atoms with Crippen molar-refractivity contribution in [2.24, 2.45) is 0 Å². The number of pyridine rings is 1. The zero-order valence-electron chi connectivity index (χ0n) is 12.4. The highest BCUT2D eigenvalue weighted by Crippen LogP contribution is 2.38. The number of nitrogens with zero attached hydrogens (tertiary/aromatic N) is 4. The molecule has 0 amide bonds. The van der Waals surface area contributed by atoms with Gasteiger partial charge in [-0.15, -0.1) is 0 Å². The van der Waals surface area contributed by atoms with Gasteiger partial charge >= 0.3 is 0 Å². The number of aromatic nitrogens is 3. The summed E-state index contributed by atoms with van der Waals surface area (Å²) in [5.74, 6) is 1.69. The van der Waals surface area contributed by atoms with E-state index < -0.39 is 0 Å².